The van der Waals surface area contributed by atoms with Crippen LogP contribution in [-0.4, -0.2) is 36.8 Å². The third-order valence-corrected chi connectivity index (χ3v) is 5.98. The van der Waals surface area contributed by atoms with Crippen molar-refractivity contribution in [3.63, 3.8) is 0 Å². The van der Waals surface area contributed by atoms with Crippen LogP contribution in [-0.2, 0) is 11.2 Å². The highest BCUT2D eigenvalue weighted by molar-refractivity contribution is 7.99. The maximum Gasteiger partial charge on any atom is 0.0821 e. The van der Waals surface area contributed by atoms with E-state index in [1.165, 1.54) is 22.1 Å². The SMILES string of the molecule is CCCNC(Cc1csc2ccccc12)C1CSCCO1. The summed E-state index contributed by atoms with van der Waals surface area (Å²) in [6, 6.07) is 9.14. The summed E-state index contributed by atoms with van der Waals surface area (Å²) in [7, 11) is 0. The number of thiophene rings is 1. The van der Waals surface area contributed by atoms with Crippen molar-refractivity contribution in [2.24, 2.45) is 0 Å². The first kappa shape index (κ1) is 15.3. The normalized spacial score (nSPS) is 20.7. The van der Waals surface area contributed by atoms with Crippen LogP contribution in [0.15, 0.2) is 29.6 Å². The molecule has 114 valence electrons. The van der Waals surface area contributed by atoms with Crippen LogP contribution in [0.4, 0.5) is 0 Å². The lowest BCUT2D eigenvalue weighted by Crippen LogP contribution is -2.46. The number of hydrogen-bond donors (Lipinski definition) is 1. The van der Waals surface area contributed by atoms with Gasteiger partial charge < -0.3 is 10.1 Å². The van der Waals surface area contributed by atoms with Gasteiger partial charge in [0, 0.05) is 22.2 Å². The molecular formula is C17H23NOS2. The Labute approximate surface area is 135 Å². The van der Waals surface area contributed by atoms with E-state index in [1.54, 1.807) is 0 Å². The molecule has 1 fully saturated rings. The average Bonchev–Trinajstić information content (AvgIpc) is 2.95. The molecule has 0 saturated carbocycles. The largest absolute Gasteiger partial charge is 0.375 e. The maximum absolute atomic E-state index is 6.02. The number of thioether (sulfide) groups is 1. The summed E-state index contributed by atoms with van der Waals surface area (Å²) in [5.74, 6) is 2.25. The Morgan fingerprint density at radius 1 is 1.38 bits per heavy atom. The zero-order valence-electron chi connectivity index (χ0n) is 12.5. The van der Waals surface area contributed by atoms with Crippen molar-refractivity contribution in [1.82, 2.24) is 5.32 Å². The van der Waals surface area contributed by atoms with Gasteiger partial charge >= 0.3 is 0 Å². The molecule has 0 amide bonds. The van der Waals surface area contributed by atoms with Crippen LogP contribution in [0.1, 0.15) is 18.9 Å². The first-order valence-electron chi connectivity index (χ1n) is 7.76. The van der Waals surface area contributed by atoms with E-state index in [0.717, 1.165) is 31.1 Å². The van der Waals surface area contributed by atoms with Gasteiger partial charge in [-0.3, -0.25) is 0 Å². The summed E-state index contributed by atoms with van der Waals surface area (Å²) in [4.78, 5) is 0. The molecule has 0 radical (unpaired) electrons. The monoisotopic (exact) mass is 321 g/mol. The Morgan fingerprint density at radius 2 is 2.29 bits per heavy atom. The van der Waals surface area contributed by atoms with Crippen LogP contribution in [0.25, 0.3) is 10.1 Å². The zero-order chi connectivity index (χ0) is 14.5. The Balaban J connectivity index is 1.76. The van der Waals surface area contributed by atoms with E-state index in [4.69, 9.17) is 4.74 Å². The summed E-state index contributed by atoms with van der Waals surface area (Å²) >= 11 is 3.87. The number of hydrogen-bond acceptors (Lipinski definition) is 4. The molecule has 1 aromatic carbocycles. The van der Waals surface area contributed by atoms with Gasteiger partial charge in [-0.05, 0) is 41.8 Å². The zero-order valence-corrected chi connectivity index (χ0v) is 14.1. The van der Waals surface area contributed by atoms with E-state index in [9.17, 15) is 0 Å². The third kappa shape index (κ3) is 3.81. The van der Waals surface area contributed by atoms with Gasteiger partial charge in [-0.25, -0.2) is 0 Å². The third-order valence-electron chi connectivity index (χ3n) is 3.95. The molecule has 2 unspecified atom stereocenters. The predicted molar refractivity (Wildman–Crippen MR) is 94.7 cm³/mol. The minimum absolute atomic E-state index is 0.342. The highest BCUT2D eigenvalue weighted by Gasteiger charge is 2.25. The van der Waals surface area contributed by atoms with Crippen molar-refractivity contribution in [2.75, 3.05) is 24.7 Å². The fourth-order valence-corrected chi connectivity index (χ4v) is 4.75. The van der Waals surface area contributed by atoms with Crippen molar-refractivity contribution < 1.29 is 4.74 Å². The molecule has 1 aromatic heterocycles. The first-order valence-corrected chi connectivity index (χ1v) is 9.79. The highest BCUT2D eigenvalue weighted by Crippen LogP contribution is 2.28. The van der Waals surface area contributed by atoms with Gasteiger partial charge in [0.1, 0.15) is 0 Å². The quantitative estimate of drug-likeness (QED) is 0.870. The fraction of sp³-hybridized carbons (Fsp3) is 0.529. The number of ether oxygens (including phenoxy) is 1. The van der Waals surface area contributed by atoms with E-state index in [1.807, 2.05) is 23.1 Å². The van der Waals surface area contributed by atoms with Gasteiger partial charge in [0.15, 0.2) is 0 Å². The van der Waals surface area contributed by atoms with E-state index in [2.05, 4.69) is 41.9 Å². The van der Waals surface area contributed by atoms with Crippen LogP contribution < -0.4 is 5.32 Å². The van der Waals surface area contributed by atoms with Crippen molar-refractivity contribution in [2.45, 2.75) is 31.9 Å². The van der Waals surface area contributed by atoms with Crippen LogP contribution in [0.5, 0.6) is 0 Å². The molecule has 1 aliphatic rings. The standard InChI is InChI=1S/C17H23NOS2/c1-2-7-18-15(16-12-20-9-8-19-16)10-13-11-21-17-6-4-3-5-14(13)17/h3-6,11,15-16,18H,2,7-10,12H2,1H3. The van der Waals surface area contributed by atoms with Crippen molar-refractivity contribution in [3.8, 4) is 0 Å². The van der Waals surface area contributed by atoms with Gasteiger partial charge in [0.05, 0.1) is 12.7 Å². The minimum Gasteiger partial charge on any atom is -0.375 e. The minimum atomic E-state index is 0.342. The smallest absolute Gasteiger partial charge is 0.0821 e. The molecule has 21 heavy (non-hydrogen) atoms. The Bertz CT molecular complexity index is 563. The van der Waals surface area contributed by atoms with Gasteiger partial charge in [0.2, 0.25) is 0 Å². The van der Waals surface area contributed by atoms with Crippen LogP contribution in [0.2, 0.25) is 0 Å². The molecule has 1 aliphatic heterocycles. The topological polar surface area (TPSA) is 21.3 Å². The molecule has 4 heteroatoms. The average molecular weight is 322 g/mol. The van der Waals surface area contributed by atoms with E-state index >= 15 is 0 Å². The van der Waals surface area contributed by atoms with Crippen molar-refractivity contribution >= 4 is 33.2 Å². The summed E-state index contributed by atoms with van der Waals surface area (Å²) in [6.45, 7) is 4.18. The molecule has 2 atom stereocenters. The number of benzene rings is 1. The van der Waals surface area contributed by atoms with Crippen LogP contribution in [0.3, 0.4) is 0 Å². The molecule has 0 spiro atoms. The van der Waals surface area contributed by atoms with E-state index in [0.29, 0.717) is 12.1 Å². The summed E-state index contributed by atoms with van der Waals surface area (Å²) in [6.07, 6.45) is 2.57. The number of nitrogens with one attached hydrogen (secondary N) is 1. The molecule has 0 aliphatic carbocycles. The summed E-state index contributed by atoms with van der Waals surface area (Å²) in [5.41, 5.74) is 1.46. The molecular weight excluding hydrogens is 298 g/mol. The number of fused-ring (bicyclic) bond motifs is 1. The molecule has 1 saturated heterocycles. The van der Waals surface area contributed by atoms with E-state index in [-0.39, 0.29) is 0 Å². The van der Waals surface area contributed by atoms with Crippen molar-refractivity contribution in [3.05, 3.63) is 35.2 Å². The molecule has 2 aromatic rings. The van der Waals surface area contributed by atoms with Gasteiger partial charge in [-0.2, -0.15) is 11.8 Å². The lowest BCUT2D eigenvalue weighted by atomic mass is 10.0. The summed E-state index contributed by atoms with van der Waals surface area (Å²) < 4.78 is 7.41. The van der Waals surface area contributed by atoms with Gasteiger partial charge in [-0.1, -0.05) is 25.1 Å². The highest BCUT2D eigenvalue weighted by atomic mass is 32.2. The van der Waals surface area contributed by atoms with Crippen LogP contribution >= 0.6 is 23.1 Å². The van der Waals surface area contributed by atoms with Crippen LogP contribution in [0, 0.1) is 0 Å². The molecule has 3 rings (SSSR count). The lowest BCUT2D eigenvalue weighted by molar-refractivity contribution is 0.0473. The Morgan fingerprint density at radius 3 is 3.10 bits per heavy atom. The number of rotatable bonds is 6. The van der Waals surface area contributed by atoms with E-state index < -0.39 is 0 Å². The molecule has 2 heterocycles. The Kier molecular flexibility index (Phi) is 5.58. The Hall–Kier alpha value is -0.550. The second kappa shape index (κ2) is 7.63. The maximum atomic E-state index is 6.02. The lowest BCUT2D eigenvalue weighted by Gasteiger charge is -2.31. The second-order valence-corrected chi connectivity index (χ2v) is 7.57. The van der Waals surface area contributed by atoms with Gasteiger partial charge in [-0.15, -0.1) is 11.3 Å². The molecule has 2 nitrogen and oxygen atoms in total. The fourth-order valence-electron chi connectivity index (χ4n) is 2.83. The second-order valence-electron chi connectivity index (χ2n) is 5.51. The molecule has 0 bridgehead atoms. The summed E-state index contributed by atoms with van der Waals surface area (Å²) in [5, 5.41) is 7.44. The predicted octanol–water partition coefficient (Wildman–Crippen LogP) is 3.94. The van der Waals surface area contributed by atoms with Gasteiger partial charge in [0.25, 0.3) is 0 Å². The first-order chi connectivity index (χ1) is 10.4. The molecule has 1 N–H and O–H groups in total. The van der Waals surface area contributed by atoms with Crippen molar-refractivity contribution in [1.29, 1.82) is 0 Å².